The number of hydrogen-bond acceptors (Lipinski definition) is 1. The van der Waals surface area contributed by atoms with E-state index in [1.807, 2.05) is 30.3 Å². The first kappa shape index (κ1) is 32.4. The van der Waals surface area contributed by atoms with E-state index in [-0.39, 0.29) is 0 Å². The lowest BCUT2D eigenvalue weighted by Crippen LogP contribution is -2.14. The molecule has 0 aliphatic rings. The minimum Gasteiger partial charge on any atom is -0.341 e. The van der Waals surface area contributed by atoms with E-state index in [2.05, 4.69) is 13.8 Å². The van der Waals surface area contributed by atoms with Crippen LogP contribution in [0.3, 0.4) is 0 Å². The fourth-order valence-electron chi connectivity index (χ4n) is 5.28. The van der Waals surface area contributed by atoms with Gasteiger partial charge >= 0.3 is 0 Å². The molecular weight excluding hydrogens is 447 g/mol. The molecule has 0 bridgehead atoms. The van der Waals surface area contributed by atoms with Gasteiger partial charge in [-0.05, 0) is 30.9 Å². The average Bonchev–Trinajstić information content (AvgIpc) is 2.86. The van der Waals surface area contributed by atoms with Gasteiger partial charge in [0.2, 0.25) is 7.37 Å². The van der Waals surface area contributed by atoms with Gasteiger partial charge in [-0.2, -0.15) is 0 Å². The maximum Gasteiger partial charge on any atom is 0.229 e. The van der Waals surface area contributed by atoms with Gasteiger partial charge in [0.15, 0.2) is 0 Å². The third-order valence-electron chi connectivity index (χ3n) is 7.60. The minimum absolute atomic E-state index is 0.384. The van der Waals surface area contributed by atoms with Crippen molar-refractivity contribution in [1.82, 2.24) is 0 Å². The molecule has 0 spiro atoms. The summed E-state index contributed by atoms with van der Waals surface area (Å²) in [5.74, 6) is 0.384. The van der Waals surface area contributed by atoms with E-state index in [0.29, 0.717) is 17.4 Å². The molecule has 0 aliphatic carbocycles. The normalized spacial score (nSPS) is 14.1. The zero-order chi connectivity index (χ0) is 25.5. The molecule has 1 rings (SSSR count). The molecule has 0 radical (unpaired) electrons. The van der Waals surface area contributed by atoms with Crippen molar-refractivity contribution in [3.05, 3.63) is 30.3 Å². The van der Waals surface area contributed by atoms with Crippen molar-refractivity contribution in [2.45, 2.75) is 155 Å². The Bertz CT molecular complexity index is 615. The molecule has 204 valence electrons. The van der Waals surface area contributed by atoms with Gasteiger partial charge in [-0.15, -0.1) is 0 Å². The van der Waals surface area contributed by atoms with E-state index in [0.717, 1.165) is 12.8 Å². The molecule has 1 N–H and O–H groups in total. The second kappa shape index (κ2) is 22.6. The standard InChI is InChI=1S/C32H59O2P/c1-3-5-7-9-11-13-14-15-16-18-20-23-27-31(26-22-19-17-12-10-8-6-4-2)30-35(33,34)32-28-24-21-25-29-32/h21,24-25,28-29,31H,3-20,22-23,26-27,30H2,1-2H3,(H,33,34). The molecule has 0 saturated carbocycles. The van der Waals surface area contributed by atoms with E-state index >= 15 is 0 Å². The Balaban J connectivity index is 2.28. The molecule has 0 amide bonds. The van der Waals surface area contributed by atoms with Gasteiger partial charge in [-0.25, -0.2) is 0 Å². The molecule has 1 aromatic carbocycles. The van der Waals surface area contributed by atoms with Gasteiger partial charge in [0.05, 0.1) is 0 Å². The molecule has 2 nitrogen and oxygen atoms in total. The number of unbranched alkanes of at least 4 members (excludes halogenated alkanes) is 18. The van der Waals surface area contributed by atoms with Crippen LogP contribution in [-0.4, -0.2) is 11.1 Å². The van der Waals surface area contributed by atoms with Gasteiger partial charge < -0.3 is 4.89 Å². The van der Waals surface area contributed by atoms with Crippen LogP contribution < -0.4 is 5.30 Å². The summed E-state index contributed by atoms with van der Waals surface area (Å²) in [6.07, 6.45) is 29.7. The average molecular weight is 507 g/mol. The Morgan fingerprint density at radius 1 is 0.571 bits per heavy atom. The molecule has 0 aromatic heterocycles. The van der Waals surface area contributed by atoms with Crippen LogP contribution in [0, 0.1) is 5.92 Å². The first-order chi connectivity index (χ1) is 17.1. The quantitative estimate of drug-likeness (QED) is 0.106. The fourth-order valence-corrected chi connectivity index (χ4v) is 7.20. The summed E-state index contributed by atoms with van der Waals surface area (Å²) in [5, 5.41) is 0.635. The predicted molar refractivity (Wildman–Crippen MR) is 157 cm³/mol. The van der Waals surface area contributed by atoms with Gasteiger partial charge in [0, 0.05) is 11.5 Å². The third-order valence-corrected chi connectivity index (χ3v) is 9.71. The molecular formula is C32H59O2P. The minimum atomic E-state index is -3.26. The zero-order valence-corrected chi connectivity index (χ0v) is 24.4. The molecule has 35 heavy (non-hydrogen) atoms. The van der Waals surface area contributed by atoms with E-state index in [1.54, 1.807) is 0 Å². The lowest BCUT2D eigenvalue weighted by molar-refractivity contribution is 0.412. The SMILES string of the molecule is CCCCCCCCCCCCCCC(CCCCCCCCCC)CP(=O)(O)c1ccccc1. The Morgan fingerprint density at radius 2 is 0.914 bits per heavy atom. The van der Waals surface area contributed by atoms with Crippen LogP contribution in [0.5, 0.6) is 0 Å². The Labute approximate surface area is 219 Å². The molecule has 0 fully saturated rings. The Kier molecular flexibility index (Phi) is 20.9. The van der Waals surface area contributed by atoms with Crippen LogP contribution in [0.2, 0.25) is 0 Å². The van der Waals surface area contributed by atoms with Gasteiger partial charge in [-0.1, -0.05) is 160 Å². The van der Waals surface area contributed by atoms with E-state index in [9.17, 15) is 9.46 Å². The number of rotatable bonds is 25. The van der Waals surface area contributed by atoms with Crippen molar-refractivity contribution in [3.63, 3.8) is 0 Å². The van der Waals surface area contributed by atoms with Crippen molar-refractivity contribution < 1.29 is 9.46 Å². The van der Waals surface area contributed by atoms with E-state index < -0.39 is 7.37 Å². The predicted octanol–water partition coefficient (Wildman–Crippen LogP) is 10.8. The van der Waals surface area contributed by atoms with E-state index in [4.69, 9.17) is 0 Å². The third kappa shape index (κ3) is 18.3. The molecule has 0 heterocycles. The van der Waals surface area contributed by atoms with Crippen molar-refractivity contribution in [1.29, 1.82) is 0 Å². The Morgan fingerprint density at radius 3 is 1.29 bits per heavy atom. The van der Waals surface area contributed by atoms with Crippen molar-refractivity contribution >= 4 is 12.7 Å². The van der Waals surface area contributed by atoms with Crippen molar-refractivity contribution in [2.24, 2.45) is 5.92 Å². The highest BCUT2D eigenvalue weighted by Crippen LogP contribution is 2.43. The summed E-state index contributed by atoms with van der Waals surface area (Å²) in [6.45, 7) is 4.55. The molecule has 2 unspecified atom stereocenters. The summed E-state index contributed by atoms with van der Waals surface area (Å²) in [6, 6.07) is 9.36. The lowest BCUT2D eigenvalue weighted by atomic mass is 9.95. The highest BCUT2D eigenvalue weighted by Gasteiger charge is 2.25. The van der Waals surface area contributed by atoms with Crippen LogP contribution in [0.1, 0.15) is 155 Å². The van der Waals surface area contributed by atoms with Crippen LogP contribution in [0.15, 0.2) is 30.3 Å². The number of benzene rings is 1. The van der Waals surface area contributed by atoms with Crippen LogP contribution in [-0.2, 0) is 4.57 Å². The maximum atomic E-state index is 13.1. The summed E-state index contributed by atoms with van der Waals surface area (Å²) >= 11 is 0. The van der Waals surface area contributed by atoms with Gasteiger partial charge in [0.1, 0.15) is 0 Å². The van der Waals surface area contributed by atoms with Crippen molar-refractivity contribution in [3.8, 4) is 0 Å². The smallest absolute Gasteiger partial charge is 0.229 e. The Hall–Kier alpha value is -0.590. The second-order valence-electron chi connectivity index (χ2n) is 11.0. The molecule has 0 aliphatic heterocycles. The fraction of sp³-hybridized carbons (Fsp3) is 0.812. The van der Waals surface area contributed by atoms with Crippen LogP contribution in [0.4, 0.5) is 0 Å². The first-order valence-corrected chi connectivity index (χ1v) is 17.3. The van der Waals surface area contributed by atoms with Crippen LogP contribution >= 0.6 is 7.37 Å². The summed E-state index contributed by atoms with van der Waals surface area (Å²) in [7, 11) is -3.26. The zero-order valence-electron chi connectivity index (χ0n) is 23.5. The van der Waals surface area contributed by atoms with Gasteiger partial charge in [0.25, 0.3) is 0 Å². The summed E-state index contributed by atoms with van der Waals surface area (Å²) < 4.78 is 13.1. The highest BCUT2D eigenvalue weighted by atomic mass is 31.2. The highest BCUT2D eigenvalue weighted by molar-refractivity contribution is 7.66. The monoisotopic (exact) mass is 506 g/mol. The topological polar surface area (TPSA) is 37.3 Å². The summed E-state index contributed by atoms with van der Waals surface area (Å²) in [4.78, 5) is 10.8. The van der Waals surface area contributed by atoms with E-state index in [1.165, 1.54) is 128 Å². The summed E-state index contributed by atoms with van der Waals surface area (Å²) in [5.41, 5.74) is 0. The lowest BCUT2D eigenvalue weighted by Gasteiger charge is -2.21. The largest absolute Gasteiger partial charge is 0.341 e. The second-order valence-corrected chi connectivity index (χ2v) is 13.3. The molecule has 3 heteroatoms. The molecule has 2 atom stereocenters. The first-order valence-electron chi connectivity index (χ1n) is 15.5. The van der Waals surface area contributed by atoms with Crippen LogP contribution in [0.25, 0.3) is 0 Å². The molecule has 1 aromatic rings. The number of hydrogen-bond donors (Lipinski definition) is 1. The van der Waals surface area contributed by atoms with Crippen molar-refractivity contribution in [2.75, 3.05) is 6.16 Å². The van der Waals surface area contributed by atoms with Gasteiger partial charge in [-0.3, -0.25) is 4.57 Å². The maximum absolute atomic E-state index is 13.1. The molecule has 0 saturated heterocycles.